The number of anilines is 1. The highest BCUT2D eigenvalue weighted by molar-refractivity contribution is 7.91. The zero-order chi connectivity index (χ0) is 22.1. The number of nitrogens with zero attached hydrogens (tertiary/aromatic N) is 2. The molecule has 1 aromatic heterocycles. The molecule has 0 radical (unpaired) electrons. The number of carbonyl (C=O) groups excluding carboxylic acids is 1. The van der Waals surface area contributed by atoms with Crippen LogP contribution in [0.15, 0.2) is 40.7 Å². The largest absolute Gasteiger partial charge is 0.296 e. The van der Waals surface area contributed by atoms with Crippen molar-refractivity contribution in [2.45, 2.75) is 31.2 Å². The molecule has 0 bridgehead atoms. The fourth-order valence-electron chi connectivity index (χ4n) is 2.78. The van der Waals surface area contributed by atoms with Crippen molar-refractivity contribution >= 4 is 55.6 Å². The molecular weight excluding hydrogens is 467 g/mol. The highest BCUT2D eigenvalue weighted by Crippen LogP contribution is 2.26. The van der Waals surface area contributed by atoms with Crippen LogP contribution < -0.4 is 10.0 Å². The summed E-state index contributed by atoms with van der Waals surface area (Å²) < 4.78 is 27.8. The number of nitrogens with one attached hydrogen (secondary N) is 2. The summed E-state index contributed by atoms with van der Waals surface area (Å²) in [7, 11) is -3.93. The first-order valence-corrected chi connectivity index (χ1v) is 11.8. The van der Waals surface area contributed by atoms with Crippen LogP contribution >= 0.6 is 34.5 Å². The van der Waals surface area contributed by atoms with Gasteiger partial charge < -0.3 is 0 Å². The molecule has 2 aromatic carbocycles. The van der Waals surface area contributed by atoms with Gasteiger partial charge in [-0.1, -0.05) is 58.3 Å². The number of sulfonamides is 1. The van der Waals surface area contributed by atoms with Gasteiger partial charge in [-0.3, -0.25) is 10.1 Å². The lowest BCUT2D eigenvalue weighted by molar-refractivity contribution is 0.102. The van der Waals surface area contributed by atoms with E-state index in [1.54, 1.807) is 6.92 Å². The minimum atomic E-state index is -3.93. The summed E-state index contributed by atoms with van der Waals surface area (Å²) in [6.45, 7) is 5.61. The number of amides is 1. The zero-order valence-corrected chi connectivity index (χ0v) is 19.4. The Morgan fingerprint density at radius 2 is 1.83 bits per heavy atom. The van der Waals surface area contributed by atoms with E-state index in [0.717, 1.165) is 28.0 Å². The molecule has 3 rings (SSSR count). The quantitative estimate of drug-likeness (QED) is 0.491. The van der Waals surface area contributed by atoms with Crippen molar-refractivity contribution in [3.8, 4) is 0 Å². The molecule has 0 saturated heterocycles. The Labute approximate surface area is 188 Å². The molecule has 7 nitrogen and oxygen atoms in total. The maximum absolute atomic E-state index is 12.7. The second-order valence-corrected chi connectivity index (χ2v) is 10.4. The van der Waals surface area contributed by atoms with E-state index in [1.807, 2.05) is 32.0 Å². The number of hydrogen-bond acceptors (Lipinski definition) is 6. The van der Waals surface area contributed by atoms with E-state index in [9.17, 15) is 13.2 Å². The Bertz CT molecular complexity index is 1210. The number of benzene rings is 2. The minimum absolute atomic E-state index is 0.0331. The van der Waals surface area contributed by atoms with Crippen LogP contribution in [-0.2, 0) is 10.0 Å². The van der Waals surface area contributed by atoms with Gasteiger partial charge in [0.2, 0.25) is 9.47 Å². The predicted octanol–water partition coefficient (Wildman–Crippen LogP) is 4.75. The van der Waals surface area contributed by atoms with Gasteiger partial charge in [0.25, 0.3) is 15.9 Å². The molecule has 0 saturated carbocycles. The number of hydrogen-bond donors (Lipinski definition) is 2. The van der Waals surface area contributed by atoms with Crippen LogP contribution in [0.2, 0.25) is 10.0 Å². The Kier molecular flexibility index (Phi) is 6.78. The normalized spacial score (nSPS) is 12.6. The van der Waals surface area contributed by atoms with Gasteiger partial charge >= 0.3 is 0 Å². The van der Waals surface area contributed by atoms with E-state index in [1.165, 1.54) is 18.2 Å². The number of halogens is 2. The Morgan fingerprint density at radius 1 is 1.10 bits per heavy atom. The number of rotatable bonds is 6. The third-order valence-electron chi connectivity index (χ3n) is 4.27. The number of aryl methyl sites for hydroxylation is 2. The van der Waals surface area contributed by atoms with Gasteiger partial charge in [-0.15, -0.1) is 10.2 Å². The lowest BCUT2D eigenvalue weighted by atomic mass is 10.0. The Balaban J connectivity index is 1.75. The molecule has 3 aromatic rings. The smallest absolute Gasteiger partial charge is 0.270 e. The van der Waals surface area contributed by atoms with Crippen molar-refractivity contribution in [1.29, 1.82) is 0 Å². The average molecular weight is 485 g/mol. The molecule has 11 heteroatoms. The summed E-state index contributed by atoms with van der Waals surface area (Å²) >= 11 is 12.6. The summed E-state index contributed by atoms with van der Waals surface area (Å²) in [4.78, 5) is 12.4. The van der Waals surface area contributed by atoms with Crippen molar-refractivity contribution in [2.75, 3.05) is 5.32 Å². The fourth-order valence-corrected chi connectivity index (χ4v) is 5.41. The molecule has 1 amide bonds. The van der Waals surface area contributed by atoms with Crippen LogP contribution in [0, 0.1) is 13.8 Å². The number of aromatic nitrogens is 2. The minimum Gasteiger partial charge on any atom is -0.296 e. The van der Waals surface area contributed by atoms with Crippen LogP contribution in [0.1, 0.15) is 40.0 Å². The SMILES string of the molecule is Cc1ccc(C)c(C(C)NS(=O)(=O)c2nnc(NC(=O)c3ccc(Cl)cc3Cl)s2)c1. The molecule has 0 aliphatic heterocycles. The van der Waals surface area contributed by atoms with Crippen molar-refractivity contribution in [1.82, 2.24) is 14.9 Å². The third kappa shape index (κ3) is 5.16. The summed E-state index contributed by atoms with van der Waals surface area (Å²) in [5.41, 5.74) is 3.06. The van der Waals surface area contributed by atoms with Gasteiger partial charge in [0.15, 0.2) is 0 Å². The molecule has 158 valence electrons. The topological polar surface area (TPSA) is 101 Å². The van der Waals surface area contributed by atoms with Crippen LogP contribution in [0.25, 0.3) is 0 Å². The van der Waals surface area contributed by atoms with Gasteiger partial charge in [-0.25, -0.2) is 13.1 Å². The molecule has 0 aliphatic carbocycles. The van der Waals surface area contributed by atoms with E-state index >= 15 is 0 Å². The van der Waals surface area contributed by atoms with Crippen molar-refractivity contribution in [3.63, 3.8) is 0 Å². The fraction of sp³-hybridized carbons (Fsp3) is 0.211. The van der Waals surface area contributed by atoms with Crippen molar-refractivity contribution < 1.29 is 13.2 Å². The Hall–Kier alpha value is -2.04. The van der Waals surface area contributed by atoms with Gasteiger partial charge in [0, 0.05) is 11.1 Å². The van der Waals surface area contributed by atoms with Gasteiger partial charge in [0.1, 0.15) is 0 Å². The van der Waals surface area contributed by atoms with E-state index in [-0.39, 0.29) is 20.1 Å². The second kappa shape index (κ2) is 8.99. The first-order valence-electron chi connectivity index (χ1n) is 8.76. The molecule has 2 N–H and O–H groups in total. The highest BCUT2D eigenvalue weighted by Gasteiger charge is 2.24. The average Bonchev–Trinajstić information content (AvgIpc) is 3.12. The molecule has 1 unspecified atom stereocenters. The highest BCUT2D eigenvalue weighted by atomic mass is 35.5. The monoisotopic (exact) mass is 484 g/mol. The maximum Gasteiger partial charge on any atom is 0.270 e. The summed E-state index contributed by atoms with van der Waals surface area (Å²) in [5.74, 6) is -0.548. The van der Waals surface area contributed by atoms with Crippen LogP contribution in [0.5, 0.6) is 0 Å². The van der Waals surface area contributed by atoms with Gasteiger partial charge in [-0.2, -0.15) is 0 Å². The number of carbonyl (C=O) groups is 1. The third-order valence-corrected chi connectivity index (χ3v) is 7.56. The van der Waals surface area contributed by atoms with E-state index < -0.39 is 22.0 Å². The summed E-state index contributed by atoms with van der Waals surface area (Å²) in [6.07, 6.45) is 0. The summed E-state index contributed by atoms with van der Waals surface area (Å²) in [6, 6.07) is 9.80. The first kappa shape index (κ1) is 22.6. The van der Waals surface area contributed by atoms with Crippen LogP contribution in [-0.4, -0.2) is 24.5 Å². The van der Waals surface area contributed by atoms with Gasteiger partial charge in [0.05, 0.1) is 10.6 Å². The molecule has 30 heavy (non-hydrogen) atoms. The molecule has 1 heterocycles. The van der Waals surface area contributed by atoms with E-state index in [4.69, 9.17) is 23.2 Å². The van der Waals surface area contributed by atoms with E-state index in [0.29, 0.717) is 5.02 Å². The molecule has 1 atom stereocenters. The molecule has 0 spiro atoms. The van der Waals surface area contributed by atoms with E-state index in [2.05, 4.69) is 20.2 Å². The molecular formula is C19H18Cl2N4O3S2. The lowest BCUT2D eigenvalue weighted by Crippen LogP contribution is -2.27. The summed E-state index contributed by atoms with van der Waals surface area (Å²) in [5, 5.41) is 10.6. The van der Waals surface area contributed by atoms with Gasteiger partial charge in [-0.05, 0) is 50.1 Å². The standard InChI is InChI=1S/C19H18Cl2N4O3S2/c1-10-4-5-11(2)15(8-10)12(3)25-30(27,28)19-24-23-18(29-19)22-17(26)14-7-6-13(20)9-16(14)21/h4-9,12,25H,1-3H3,(H,22,23,26). The lowest BCUT2D eigenvalue weighted by Gasteiger charge is -2.16. The second-order valence-electron chi connectivity index (χ2n) is 6.65. The Morgan fingerprint density at radius 3 is 2.53 bits per heavy atom. The molecule has 0 aliphatic rings. The van der Waals surface area contributed by atoms with Crippen molar-refractivity contribution in [3.05, 3.63) is 68.7 Å². The molecule has 0 fully saturated rings. The maximum atomic E-state index is 12.7. The zero-order valence-electron chi connectivity index (χ0n) is 16.2. The first-order chi connectivity index (χ1) is 14.1. The van der Waals surface area contributed by atoms with Crippen LogP contribution in [0.3, 0.4) is 0 Å². The van der Waals surface area contributed by atoms with Crippen molar-refractivity contribution in [2.24, 2.45) is 0 Å². The van der Waals surface area contributed by atoms with Crippen LogP contribution in [0.4, 0.5) is 5.13 Å². The predicted molar refractivity (Wildman–Crippen MR) is 119 cm³/mol.